The molecule has 0 bridgehead atoms. The molecule has 2 atom stereocenters. The summed E-state index contributed by atoms with van der Waals surface area (Å²) in [5.74, 6) is 2.10. The molecule has 2 unspecified atom stereocenters. The fourth-order valence-corrected chi connectivity index (χ4v) is 3.50. The molecule has 0 saturated carbocycles. The molecule has 0 aliphatic carbocycles. The van der Waals surface area contributed by atoms with Crippen LogP contribution in [-0.2, 0) is 11.4 Å². The number of hydrogen-bond acceptors (Lipinski definition) is 4. The van der Waals surface area contributed by atoms with Crippen LogP contribution in [0.2, 0.25) is 0 Å². The highest BCUT2D eigenvalue weighted by Crippen LogP contribution is 2.31. The third-order valence-corrected chi connectivity index (χ3v) is 5.24. The smallest absolute Gasteiger partial charge is 0.220 e. The maximum Gasteiger partial charge on any atom is 0.220 e. The van der Waals surface area contributed by atoms with Gasteiger partial charge in [-0.05, 0) is 62.0 Å². The molecule has 5 nitrogen and oxygen atoms in total. The predicted octanol–water partition coefficient (Wildman–Crippen LogP) is 4.26. The second-order valence-corrected chi connectivity index (χ2v) is 7.37. The van der Waals surface area contributed by atoms with E-state index in [4.69, 9.17) is 9.47 Å². The zero-order chi connectivity index (χ0) is 19.8. The molecular weight excluding hydrogens is 388 g/mol. The molecule has 1 aliphatic heterocycles. The van der Waals surface area contributed by atoms with Crippen molar-refractivity contribution in [2.24, 2.45) is 5.92 Å². The maximum atomic E-state index is 12.3. The van der Waals surface area contributed by atoms with Crippen LogP contribution in [0.3, 0.4) is 0 Å². The Balaban J connectivity index is 0.00000300. The molecule has 1 amide bonds. The van der Waals surface area contributed by atoms with Crippen molar-refractivity contribution in [2.45, 2.75) is 38.8 Å². The van der Waals surface area contributed by atoms with Crippen molar-refractivity contribution in [3.8, 4) is 11.5 Å². The standard InChI is InChI=1S/C23H30N2O3.ClH/c1-17(25-23(26)11-8-18-12-13-24-15-18)20-9-10-21(22(14-20)27-2)28-16-19-6-4-3-5-7-19;/h3-7,9-10,14,17-18,24H,8,11-13,15-16H2,1-2H3,(H,25,26);1H. The van der Waals surface area contributed by atoms with Gasteiger partial charge in [0.15, 0.2) is 11.5 Å². The van der Waals surface area contributed by atoms with Gasteiger partial charge < -0.3 is 20.1 Å². The van der Waals surface area contributed by atoms with Crippen LogP contribution in [0.25, 0.3) is 0 Å². The van der Waals surface area contributed by atoms with Gasteiger partial charge in [0.1, 0.15) is 6.61 Å². The molecule has 2 N–H and O–H groups in total. The second kappa shape index (κ2) is 11.7. The number of methoxy groups -OCH3 is 1. The molecule has 2 aromatic rings. The lowest BCUT2D eigenvalue weighted by atomic mass is 10.0. The van der Waals surface area contributed by atoms with E-state index in [0.717, 1.165) is 30.6 Å². The molecule has 1 aliphatic rings. The Kier molecular flexibility index (Phi) is 9.29. The van der Waals surface area contributed by atoms with E-state index < -0.39 is 0 Å². The lowest BCUT2D eigenvalue weighted by Gasteiger charge is -2.18. The molecule has 1 saturated heterocycles. The van der Waals surface area contributed by atoms with Gasteiger partial charge in [-0.2, -0.15) is 0 Å². The maximum absolute atomic E-state index is 12.3. The van der Waals surface area contributed by atoms with Crippen molar-refractivity contribution in [1.82, 2.24) is 10.6 Å². The zero-order valence-corrected chi connectivity index (χ0v) is 18.0. The van der Waals surface area contributed by atoms with Crippen molar-refractivity contribution in [1.29, 1.82) is 0 Å². The van der Waals surface area contributed by atoms with Crippen LogP contribution < -0.4 is 20.1 Å². The number of benzene rings is 2. The largest absolute Gasteiger partial charge is 0.493 e. The zero-order valence-electron chi connectivity index (χ0n) is 17.1. The topological polar surface area (TPSA) is 59.6 Å². The molecule has 0 spiro atoms. The first-order valence-corrected chi connectivity index (χ1v) is 10.0. The van der Waals surface area contributed by atoms with E-state index in [1.807, 2.05) is 55.5 Å². The third kappa shape index (κ3) is 6.94. The van der Waals surface area contributed by atoms with Gasteiger partial charge in [-0.15, -0.1) is 12.4 Å². The van der Waals surface area contributed by atoms with Crippen LogP contribution in [0.1, 0.15) is 43.4 Å². The first-order valence-electron chi connectivity index (χ1n) is 10.0. The predicted molar refractivity (Wildman–Crippen MR) is 118 cm³/mol. The Labute approximate surface area is 179 Å². The Morgan fingerprint density at radius 3 is 2.69 bits per heavy atom. The summed E-state index contributed by atoms with van der Waals surface area (Å²) in [6.45, 7) is 4.58. The highest BCUT2D eigenvalue weighted by atomic mass is 35.5. The van der Waals surface area contributed by atoms with Crippen molar-refractivity contribution >= 4 is 18.3 Å². The summed E-state index contributed by atoms with van der Waals surface area (Å²) >= 11 is 0. The minimum absolute atomic E-state index is 0. The van der Waals surface area contributed by atoms with E-state index in [-0.39, 0.29) is 24.4 Å². The number of halogens is 1. The van der Waals surface area contributed by atoms with E-state index in [1.165, 1.54) is 6.42 Å². The van der Waals surface area contributed by atoms with E-state index >= 15 is 0 Å². The summed E-state index contributed by atoms with van der Waals surface area (Å²) in [7, 11) is 1.63. The summed E-state index contributed by atoms with van der Waals surface area (Å²) in [6, 6.07) is 15.8. The number of carbonyl (C=O) groups is 1. The minimum atomic E-state index is -0.0775. The van der Waals surface area contributed by atoms with E-state index in [1.54, 1.807) is 7.11 Å². The number of nitrogens with one attached hydrogen (secondary N) is 2. The van der Waals surface area contributed by atoms with Gasteiger partial charge in [-0.25, -0.2) is 0 Å². The van der Waals surface area contributed by atoms with Crippen LogP contribution in [0.15, 0.2) is 48.5 Å². The Bertz CT molecular complexity index is 764. The highest BCUT2D eigenvalue weighted by Gasteiger charge is 2.17. The number of amides is 1. The number of carbonyl (C=O) groups excluding carboxylic acids is 1. The summed E-state index contributed by atoms with van der Waals surface area (Å²) in [4.78, 5) is 12.3. The fraction of sp³-hybridized carbons (Fsp3) is 0.435. The van der Waals surface area contributed by atoms with Crippen molar-refractivity contribution in [3.05, 3.63) is 59.7 Å². The first kappa shape index (κ1) is 23.0. The molecule has 3 rings (SSSR count). The lowest BCUT2D eigenvalue weighted by Crippen LogP contribution is -2.27. The summed E-state index contributed by atoms with van der Waals surface area (Å²) in [5, 5.41) is 6.44. The highest BCUT2D eigenvalue weighted by molar-refractivity contribution is 5.85. The summed E-state index contributed by atoms with van der Waals surface area (Å²) < 4.78 is 11.4. The van der Waals surface area contributed by atoms with Crippen LogP contribution in [-0.4, -0.2) is 26.1 Å². The number of hydrogen-bond donors (Lipinski definition) is 2. The van der Waals surface area contributed by atoms with Gasteiger partial charge >= 0.3 is 0 Å². The lowest BCUT2D eigenvalue weighted by molar-refractivity contribution is -0.122. The third-order valence-electron chi connectivity index (χ3n) is 5.24. The second-order valence-electron chi connectivity index (χ2n) is 7.37. The van der Waals surface area contributed by atoms with Gasteiger partial charge in [-0.1, -0.05) is 36.4 Å². The SMILES string of the molecule is COc1cc(C(C)NC(=O)CCC2CCNC2)ccc1OCc1ccccc1.Cl. The van der Waals surface area contributed by atoms with Crippen molar-refractivity contribution in [3.63, 3.8) is 0 Å². The number of rotatable bonds is 9. The van der Waals surface area contributed by atoms with Crippen molar-refractivity contribution in [2.75, 3.05) is 20.2 Å². The fourth-order valence-electron chi connectivity index (χ4n) is 3.50. The minimum Gasteiger partial charge on any atom is -0.493 e. The number of ether oxygens (including phenoxy) is 2. The Morgan fingerprint density at radius 1 is 1.21 bits per heavy atom. The van der Waals surface area contributed by atoms with Gasteiger partial charge in [0.05, 0.1) is 13.2 Å². The van der Waals surface area contributed by atoms with Crippen LogP contribution in [0.4, 0.5) is 0 Å². The monoisotopic (exact) mass is 418 g/mol. The molecule has 158 valence electrons. The molecular formula is C23H31ClN2O3. The van der Waals surface area contributed by atoms with Crippen LogP contribution in [0, 0.1) is 5.92 Å². The molecule has 1 fully saturated rings. The quantitative estimate of drug-likeness (QED) is 0.638. The van der Waals surface area contributed by atoms with Crippen LogP contribution >= 0.6 is 12.4 Å². The van der Waals surface area contributed by atoms with Crippen molar-refractivity contribution < 1.29 is 14.3 Å². The molecule has 1 heterocycles. The van der Waals surface area contributed by atoms with Gasteiger partial charge in [0.25, 0.3) is 0 Å². The van der Waals surface area contributed by atoms with Gasteiger partial charge in [-0.3, -0.25) is 4.79 Å². The normalized spacial score (nSPS) is 16.6. The van der Waals surface area contributed by atoms with Gasteiger partial charge in [0, 0.05) is 6.42 Å². The first-order chi connectivity index (χ1) is 13.7. The van der Waals surface area contributed by atoms with Gasteiger partial charge in [0.2, 0.25) is 5.91 Å². The average Bonchev–Trinajstić information content (AvgIpc) is 3.25. The summed E-state index contributed by atoms with van der Waals surface area (Å²) in [5.41, 5.74) is 2.10. The molecule has 6 heteroatoms. The molecule has 29 heavy (non-hydrogen) atoms. The van der Waals surface area contributed by atoms with E-state index in [9.17, 15) is 4.79 Å². The Hall–Kier alpha value is -2.24. The van der Waals surface area contributed by atoms with E-state index in [0.29, 0.717) is 30.4 Å². The molecule has 2 aromatic carbocycles. The molecule has 0 aromatic heterocycles. The molecule has 0 radical (unpaired) electrons. The Morgan fingerprint density at radius 2 is 2.00 bits per heavy atom. The average molecular weight is 419 g/mol. The van der Waals surface area contributed by atoms with E-state index in [2.05, 4.69) is 10.6 Å². The summed E-state index contributed by atoms with van der Waals surface area (Å²) in [6.07, 6.45) is 2.69. The van der Waals surface area contributed by atoms with Crippen LogP contribution in [0.5, 0.6) is 11.5 Å².